The summed E-state index contributed by atoms with van der Waals surface area (Å²) >= 11 is 0. The van der Waals surface area contributed by atoms with Crippen LogP contribution in [0.5, 0.6) is 5.75 Å². The molecule has 2 aromatic rings. The Morgan fingerprint density at radius 2 is 1.75 bits per heavy atom. The van der Waals surface area contributed by atoms with Gasteiger partial charge < -0.3 is 9.47 Å². The Kier molecular flexibility index (Phi) is 3.07. The van der Waals surface area contributed by atoms with Crippen molar-refractivity contribution in [2.45, 2.75) is 25.6 Å². The molecular formula is C17H16O3. The number of esters is 1. The monoisotopic (exact) mass is 268 g/mol. The third-order valence-electron chi connectivity index (χ3n) is 3.54. The minimum Gasteiger partial charge on any atom is -0.424 e. The summed E-state index contributed by atoms with van der Waals surface area (Å²) < 4.78 is 10.9. The van der Waals surface area contributed by atoms with Gasteiger partial charge >= 0.3 is 5.97 Å². The van der Waals surface area contributed by atoms with E-state index in [-0.39, 0.29) is 12.1 Å². The molecule has 1 heterocycles. The van der Waals surface area contributed by atoms with Gasteiger partial charge in [0.25, 0.3) is 0 Å². The highest BCUT2D eigenvalue weighted by Gasteiger charge is 2.60. The zero-order chi connectivity index (χ0) is 14.2. The van der Waals surface area contributed by atoms with E-state index in [0.717, 1.165) is 5.56 Å². The molecule has 1 aliphatic heterocycles. The second kappa shape index (κ2) is 4.76. The van der Waals surface area contributed by atoms with E-state index >= 15 is 0 Å². The van der Waals surface area contributed by atoms with Crippen LogP contribution in [0.25, 0.3) is 0 Å². The van der Waals surface area contributed by atoms with Gasteiger partial charge in [-0.2, -0.15) is 0 Å². The molecule has 1 aliphatic rings. The Hall–Kier alpha value is -2.13. The maximum atomic E-state index is 12.2. The fourth-order valence-electron chi connectivity index (χ4n) is 2.19. The maximum absolute atomic E-state index is 12.2. The fraction of sp³-hybridized carbons (Fsp3) is 0.235. The number of epoxide rings is 1. The lowest BCUT2D eigenvalue weighted by molar-refractivity contribution is -0.139. The third-order valence-corrected chi connectivity index (χ3v) is 3.54. The van der Waals surface area contributed by atoms with E-state index in [9.17, 15) is 4.79 Å². The van der Waals surface area contributed by atoms with Gasteiger partial charge in [-0.1, -0.05) is 48.0 Å². The van der Waals surface area contributed by atoms with Crippen molar-refractivity contribution in [3.05, 3.63) is 65.7 Å². The molecule has 1 fully saturated rings. The van der Waals surface area contributed by atoms with E-state index in [1.165, 1.54) is 5.56 Å². The normalized spacial score (nSPS) is 24.2. The summed E-state index contributed by atoms with van der Waals surface area (Å²) in [4.78, 5) is 12.2. The second-order valence-corrected chi connectivity index (χ2v) is 5.22. The number of carbonyl (C=O) groups excluding carboxylic acids is 1. The summed E-state index contributed by atoms with van der Waals surface area (Å²) in [7, 11) is 0. The minimum absolute atomic E-state index is 0.223. The van der Waals surface area contributed by atoms with Gasteiger partial charge in [-0.05, 0) is 31.5 Å². The second-order valence-electron chi connectivity index (χ2n) is 5.22. The number of aryl methyl sites for hydroxylation is 1. The first-order valence-electron chi connectivity index (χ1n) is 6.61. The van der Waals surface area contributed by atoms with E-state index in [0.29, 0.717) is 5.75 Å². The number of hydrogen-bond acceptors (Lipinski definition) is 3. The van der Waals surface area contributed by atoms with Gasteiger partial charge in [-0.25, -0.2) is 4.79 Å². The largest absolute Gasteiger partial charge is 0.424 e. The van der Waals surface area contributed by atoms with Gasteiger partial charge in [0.2, 0.25) is 0 Å². The lowest BCUT2D eigenvalue weighted by Gasteiger charge is -2.07. The highest BCUT2D eigenvalue weighted by Crippen LogP contribution is 2.50. The molecule has 0 aromatic heterocycles. The quantitative estimate of drug-likeness (QED) is 0.486. The summed E-state index contributed by atoms with van der Waals surface area (Å²) in [5.41, 5.74) is 1.30. The Balaban J connectivity index is 1.72. The van der Waals surface area contributed by atoms with Gasteiger partial charge in [-0.3, -0.25) is 0 Å². The van der Waals surface area contributed by atoms with Crippen molar-refractivity contribution in [1.29, 1.82) is 0 Å². The number of para-hydroxylation sites is 1. The first kappa shape index (κ1) is 12.9. The molecule has 2 unspecified atom stereocenters. The number of ether oxygens (including phenoxy) is 2. The van der Waals surface area contributed by atoms with Crippen LogP contribution in [0.2, 0.25) is 0 Å². The molecule has 102 valence electrons. The number of benzene rings is 2. The molecule has 1 saturated heterocycles. The number of carbonyl (C=O) groups is 1. The van der Waals surface area contributed by atoms with Crippen LogP contribution >= 0.6 is 0 Å². The lowest BCUT2D eigenvalue weighted by atomic mass is 10.0. The van der Waals surface area contributed by atoms with Gasteiger partial charge in [0.1, 0.15) is 11.9 Å². The first-order valence-corrected chi connectivity index (χ1v) is 6.61. The van der Waals surface area contributed by atoms with Crippen LogP contribution in [0.1, 0.15) is 24.2 Å². The Labute approximate surface area is 118 Å². The SMILES string of the molecule is Cc1ccc(C2OC2(C)C(=O)Oc2ccccc2)cc1. The molecule has 20 heavy (non-hydrogen) atoms. The molecule has 0 N–H and O–H groups in total. The van der Waals surface area contributed by atoms with E-state index in [1.54, 1.807) is 19.1 Å². The number of hydrogen-bond donors (Lipinski definition) is 0. The van der Waals surface area contributed by atoms with Crippen LogP contribution in [0, 0.1) is 6.92 Å². The van der Waals surface area contributed by atoms with Gasteiger partial charge in [-0.15, -0.1) is 0 Å². The van der Waals surface area contributed by atoms with Crippen molar-refractivity contribution in [1.82, 2.24) is 0 Å². The average molecular weight is 268 g/mol. The zero-order valence-electron chi connectivity index (χ0n) is 11.5. The molecule has 3 rings (SSSR count). The molecule has 0 spiro atoms. The predicted molar refractivity (Wildman–Crippen MR) is 75.5 cm³/mol. The standard InChI is InChI=1S/C17H16O3/c1-12-8-10-13(11-9-12)15-17(2,20-15)16(18)19-14-6-4-3-5-7-14/h3-11,15H,1-2H3. The van der Waals surface area contributed by atoms with E-state index in [1.807, 2.05) is 49.4 Å². The molecule has 0 saturated carbocycles. The van der Waals surface area contributed by atoms with Crippen LogP contribution in [-0.4, -0.2) is 11.6 Å². The molecule has 2 atom stereocenters. The summed E-state index contributed by atoms with van der Waals surface area (Å²) in [5, 5.41) is 0. The molecule has 3 nitrogen and oxygen atoms in total. The zero-order valence-corrected chi connectivity index (χ0v) is 11.5. The Bertz CT molecular complexity index is 618. The summed E-state index contributed by atoms with van der Waals surface area (Å²) in [6, 6.07) is 17.0. The smallest absolute Gasteiger partial charge is 0.346 e. The Morgan fingerprint density at radius 3 is 2.40 bits per heavy atom. The molecule has 2 aromatic carbocycles. The van der Waals surface area contributed by atoms with Gasteiger partial charge in [0.15, 0.2) is 5.60 Å². The van der Waals surface area contributed by atoms with Crippen molar-refractivity contribution in [2.75, 3.05) is 0 Å². The minimum atomic E-state index is -0.884. The predicted octanol–water partition coefficient (Wildman–Crippen LogP) is 3.43. The molecule has 0 amide bonds. The average Bonchev–Trinajstić information content (AvgIpc) is 3.14. The molecule has 0 radical (unpaired) electrons. The van der Waals surface area contributed by atoms with Crippen LogP contribution in [0.15, 0.2) is 54.6 Å². The van der Waals surface area contributed by atoms with Crippen LogP contribution in [0.3, 0.4) is 0 Å². The molecular weight excluding hydrogens is 252 g/mol. The van der Waals surface area contributed by atoms with E-state index < -0.39 is 5.60 Å². The van der Waals surface area contributed by atoms with Gasteiger partial charge in [0.05, 0.1) is 0 Å². The van der Waals surface area contributed by atoms with Gasteiger partial charge in [0, 0.05) is 0 Å². The highest BCUT2D eigenvalue weighted by atomic mass is 16.7. The highest BCUT2D eigenvalue weighted by molar-refractivity contribution is 5.85. The van der Waals surface area contributed by atoms with Crippen molar-refractivity contribution in [3.8, 4) is 5.75 Å². The molecule has 0 bridgehead atoms. The van der Waals surface area contributed by atoms with Crippen LogP contribution < -0.4 is 4.74 Å². The first-order chi connectivity index (χ1) is 9.59. The molecule has 3 heteroatoms. The fourth-order valence-corrected chi connectivity index (χ4v) is 2.19. The summed E-state index contributed by atoms with van der Waals surface area (Å²) in [6.45, 7) is 3.79. The lowest BCUT2D eigenvalue weighted by Crippen LogP contribution is -2.26. The third kappa shape index (κ3) is 2.32. The number of rotatable bonds is 3. The summed E-state index contributed by atoms with van der Waals surface area (Å²) in [6.07, 6.45) is -0.223. The van der Waals surface area contributed by atoms with E-state index in [2.05, 4.69) is 0 Å². The topological polar surface area (TPSA) is 38.8 Å². The van der Waals surface area contributed by atoms with Crippen LogP contribution in [0.4, 0.5) is 0 Å². The summed E-state index contributed by atoms with van der Waals surface area (Å²) in [5.74, 6) is 0.186. The maximum Gasteiger partial charge on any atom is 0.346 e. The molecule has 0 aliphatic carbocycles. The Morgan fingerprint density at radius 1 is 1.10 bits per heavy atom. The van der Waals surface area contributed by atoms with E-state index in [4.69, 9.17) is 9.47 Å². The van der Waals surface area contributed by atoms with Crippen molar-refractivity contribution in [2.24, 2.45) is 0 Å². The van der Waals surface area contributed by atoms with Crippen molar-refractivity contribution in [3.63, 3.8) is 0 Å². The van der Waals surface area contributed by atoms with Crippen molar-refractivity contribution < 1.29 is 14.3 Å². The van der Waals surface area contributed by atoms with Crippen LogP contribution in [-0.2, 0) is 9.53 Å². The van der Waals surface area contributed by atoms with Crippen molar-refractivity contribution >= 4 is 5.97 Å².